The Labute approximate surface area is 183 Å². The second-order valence-electron chi connectivity index (χ2n) is 8.30. The second kappa shape index (κ2) is 8.12. The van der Waals surface area contributed by atoms with Gasteiger partial charge in [-0.1, -0.05) is 24.1 Å². The first-order valence-electron chi connectivity index (χ1n) is 11.0. The third-order valence-corrected chi connectivity index (χ3v) is 6.06. The zero-order valence-corrected chi connectivity index (χ0v) is 18.4. The Morgan fingerprint density at radius 1 is 0.839 bits per heavy atom. The smallest absolute Gasteiger partial charge is 0.155 e. The van der Waals surface area contributed by atoms with Gasteiger partial charge in [-0.15, -0.1) is 5.10 Å². The van der Waals surface area contributed by atoms with Gasteiger partial charge in [0.15, 0.2) is 5.65 Å². The van der Waals surface area contributed by atoms with Crippen LogP contribution in [0.1, 0.15) is 18.1 Å². The van der Waals surface area contributed by atoms with Gasteiger partial charge in [-0.2, -0.15) is 0 Å². The average molecular weight is 413 g/mol. The average Bonchev–Trinajstić information content (AvgIpc) is 3.18. The van der Waals surface area contributed by atoms with Crippen molar-refractivity contribution in [2.45, 2.75) is 20.8 Å². The molecule has 1 aliphatic heterocycles. The summed E-state index contributed by atoms with van der Waals surface area (Å²) in [6.45, 7) is 11.7. The molecule has 1 aliphatic rings. The minimum Gasteiger partial charge on any atom is -0.353 e. The molecule has 0 radical (unpaired) electrons. The van der Waals surface area contributed by atoms with Crippen molar-refractivity contribution in [2.75, 3.05) is 37.6 Å². The molecule has 0 saturated carbocycles. The summed E-state index contributed by atoms with van der Waals surface area (Å²) in [7, 11) is 0. The molecule has 4 heterocycles. The molecule has 3 aromatic heterocycles. The van der Waals surface area contributed by atoms with Gasteiger partial charge >= 0.3 is 0 Å². The van der Waals surface area contributed by atoms with Crippen LogP contribution in [0.25, 0.3) is 28.2 Å². The van der Waals surface area contributed by atoms with Crippen molar-refractivity contribution in [1.29, 1.82) is 0 Å². The topological polar surface area (TPSA) is 49.6 Å². The maximum atomic E-state index is 5.06. The summed E-state index contributed by atoms with van der Waals surface area (Å²) in [5.74, 6) is 1.00. The van der Waals surface area contributed by atoms with E-state index < -0.39 is 0 Å². The Bertz CT molecular complexity index is 1190. The summed E-state index contributed by atoms with van der Waals surface area (Å²) in [4.78, 5) is 14.1. The van der Waals surface area contributed by atoms with Crippen LogP contribution < -0.4 is 4.90 Å². The van der Waals surface area contributed by atoms with Crippen LogP contribution in [0.5, 0.6) is 0 Å². The van der Waals surface area contributed by atoms with Crippen LogP contribution in [-0.2, 0) is 0 Å². The molecule has 0 N–H and O–H groups in total. The largest absolute Gasteiger partial charge is 0.353 e. The molecule has 0 bridgehead atoms. The lowest BCUT2D eigenvalue weighted by atomic mass is 10.0. The first kappa shape index (κ1) is 19.7. The zero-order valence-electron chi connectivity index (χ0n) is 18.4. The summed E-state index contributed by atoms with van der Waals surface area (Å²) in [5.41, 5.74) is 7.47. The van der Waals surface area contributed by atoms with Gasteiger partial charge < -0.3 is 9.80 Å². The highest BCUT2D eigenvalue weighted by Crippen LogP contribution is 2.33. The predicted octanol–water partition coefficient (Wildman–Crippen LogP) is 4.22. The van der Waals surface area contributed by atoms with E-state index in [1.165, 1.54) is 11.1 Å². The number of anilines is 1. The Morgan fingerprint density at radius 2 is 1.55 bits per heavy atom. The molecule has 0 atom stereocenters. The number of likely N-dealkylation sites (N-methyl/N-ethyl adjacent to an activating group) is 1. The number of aryl methyl sites for hydroxylation is 2. The van der Waals surface area contributed by atoms with Crippen LogP contribution in [-0.4, -0.2) is 57.2 Å². The van der Waals surface area contributed by atoms with Crippen LogP contribution in [0, 0.1) is 13.8 Å². The molecule has 1 saturated heterocycles. The number of imidazole rings is 1. The summed E-state index contributed by atoms with van der Waals surface area (Å²) < 4.78 is 2.00. The quantitative estimate of drug-likeness (QED) is 0.502. The Hall–Kier alpha value is -3.25. The number of hydrogen-bond donors (Lipinski definition) is 0. The highest BCUT2D eigenvalue weighted by atomic mass is 15.4. The molecule has 6 nitrogen and oxygen atoms in total. The van der Waals surface area contributed by atoms with E-state index >= 15 is 0 Å². The molecule has 0 spiro atoms. The van der Waals surface area contributed by atoms with Gasteiger partial charge in [0.2, 0.25) is 0 Å². The molecule has 4 aromatic rings. The predicted molar refractivity (Wildman–Crippen MR) is 125 cm³/mol. The van der Waals surface area contributed by atoms with E-state index in [4.69, 9.17) is 10.1 Å². The van der Waals surface area contributed by atoms with Gasteiger partial charge in [0, 0.05) is 49.7 Å². The SMILES string of the molecule is CCN1CCN(c2ccc3nc(-c4cc(C)cc(C)c4)c(-c4ccncc4)n3n2)CC1. The summed E-state index contributed by atoms with van der Waals surface area (Å²) in [5, 5.41) is 5.06. The van der Waals surface area contributed by atoms with Crippen LogP contribution in [0.15, 0.2) is 54.9 Å². The number of rotatable bonds is 4. The molecule has 31 heavy (non-hydrogen) atoms. The fourth-order valence-corrected chi connectivity index (χ4v) is 4.47. The fraction of sp³-hybridized carbons (Fsp3) is 0.320. The van der Waals surface area contributed by atoms with Crippen molar-refractivity contribution in [2.24, 2.45) is 0 Å². The van der Waals surface area contributed by atoms with E-state index in [1.54, 1.807) is 0 Å². The monoisotopic (exact) mass is 412 g/mol. The van der Waals surface area contributed by atoms with Crippen LogP contribution in [0.3, 0.4) is 0 Å². The molecule has 5 rings (SSSR count). The van der Waals surface area contributed by atoms with E-state index in [0.717, 1.165) is 66.7 Å². The third-order valence-electron chi connectivity index (χ3n) is 6.06. The van der Waals surface area contributed by atoms with Crippen molar-refractivity contribution in [3.8, 4) is 22.5 Å². The van der Waals surface area contributed by atoms with Crippen molar-refractivity contribution in [3.05, 3.63) is 66.0 Å². The van der Waals surface area contributed by atoms with Crippen molar-refractivity contribution in [3.63, 3.8) is 0 Å². The maximum Gasteiger partial charge on any atom is 0.155 e. The van der Waals surface area contributed by atoms with Crippen LogP contribution in [0.4, 0.5) is 5.82 Å². The molecule has 1 fully saturated rings. The lowest BCUT2D eigenvalue weighted by molar-refractivity contribution is 0.270. The van der Waals surface area contributed by atoms with Crippen molar-refractivity contribution < 1.29 is 0 Å². The highest BCUT2D eigenvalue weighted by molar-refractivity contribution is 5.82. The number of nitrogens with zero attached hydrogens (tertiary/aromatic N) is 6. The van der Waals surface area contributed by atoms with Crippen LogP contribution in [0.2, 0.25) is 0 Å². The summed E-state index contributed by atoms with van der Waals surface area (Å²) in [6.07, 6.45) is 3.65. The fourth-order valence-electron chi connectivity index (χ4n) is 4.47. The van der Waals surface area contributed by atoms with E-state index in [-0.39, 0.29) is 0 Å². The maximum absolute atomic E-state index is 5.06. The second-order valence-corrected chi connectivity index (χ2v) is 8.30. The molecule has 0 amide bonds. The zero-order chi connectivity index (χ0) is 21.4. The number of benzene rings is 1. The first-order chi connectivity index (χ1) is 15.1. The van der Waals surface area contributed by atoms with E-state index in [9.17, 15) is 0 Å². The minimum atomic E-state index is 0.858. The summed E-state index contributed by atoms with van der Waals surface area (Å²) >= 11 is 0. The number of fused-ring (bicyclic) bond motifs is 1. The first-order valence-corrected chi connectivity index (χ1v) is 11.0. The van der Waals surface area contributed by atoms with Gasteiger partial charge in [0.1, 0.15) is 11.5 Å². The van der Waals surface area contributed by atoms with Gasteiger partial charge in [-0.3, -0.25) is 4.98 Å². The van der Waals surface area contributed by atoms with Crippen LogP contribution >= 0.6 is 0 Å². The lowest BCUT2D eigenvalue weighted by Gasteiger charge is -2.34. The minimum absolute atomic E-state index is 0.858. The summed E-state index contributed by atoms with van der Waals surface area (Å²) in [6, 6.07) is 14.8. The van der Waals surface area contributed by atoms with Gasteiger partial charge in [-0.25, -0.2) is 9.50 Å². The number of pyridine rings is 1. The van der Waals surface area contributed by atoms with E-state index in [2.05, 4.69) is 65.9 Å². The van der Waals surface area contributed by atoms with Crippen molar-refractivity contribution in [1.82, 2.24) is 24.5 Å². The third kappa shape index (κ3) is 3.79. The molecule has 1 aromatic carbocycles. The molecular formula is C25H28N6. The Balaban J connectivity index is 1.66. The molecule has 6 heteroatoms. The Kier molecular flexibility index (Phi) is 5.16. The number of piperazine rings is 1. The molecule has 0 unspecified atom stereocenters. The standard InChI is InChI=1S/C25H28N6/c1-4-29-11-13-30(14-12-29)23-6-5-22-27-24(21-16-18(2)15-19(3)17-21)25(31(22)28-23)20-7-9-26-10-8-20/h5-10,15-17H,4,11-14H2,1-3H3. The van der Waals surface area contributed by atoms with Gasteiger partial charge in [-0.05, 0) is 56.8 Å². The van der Waals surface area contributed by atoms with E-state index in [1.807, 2.05) is 29.0 Å². The van der Waals surface area contributed by atoms with Gasteiger partial charge in [0.05, 0.1) is 5.69 Å². The Morgan fingerprint density at radius 3 is 2.23 bits per heavy atom. The highest BCUT2D eigenvalue weighted by Gasteiger charge is 2.21. The molecule has 0 aliphatic carbocycles. The normalized spacial score (nSPS) is 15.0. The lowest BCUT2D eigenvalue weighted by Crippen LogP contribution is -2.46. The van der Waals surface area contributed by atoms with E-state index in [0.29, 0.717) is 0 Å². The number of aromatic nitrogens is 4. The molecular weight excluding hydrogens is 384 g/mol. The van der Waals surface area contributed by atoms with Crippen molar-refractivity contribution >= 4 is 11.5 Å². The number of hydrogen-bond acceptors (Lipinski definition) is 5. The molecule has 158 valence electrons. The van der Waals surface area contributed by atoms with Gasteiger partial charge in [0.25, 0.3) is 0 Å².